The first-order valence-electron chi connectivity index (χ1n) is 4.74. The molecule has 1 unspecified atom stereocenters. The number of thiazole rings is 1. The van der Waals surface area contributed by atoms with E-state index < -0.39 is 0 Å². The molecular weight excluding hydrogens is 218 g/mol. The Balaban J connectivity index is 1.87. The van der Waals surface area contributed by atoms with Crippen molar-refractivity contribution in [1.29, 1.82) is 0 Å². The van der Waals surface area contributed by atoms with Crippen LogP contribution >= 0.6 is 22.9 Å². The average molecular weight is 232 g/mol. The van der Waals surface area contributed by atoms with Crippen molar-refractivity contribution in [2.75, 3.05) is 13.1 Å². The highest BCUT2D eigenvalue weighted by Crippen LogP contribution is 2.19. The average Bonchev–Trinajstić information content (AvgIpc) is 2.73. The van der Waals surface area contributed by atoms with E-state index in [4.69, 9.17) is 11.6 Å². The summed E-state index contributed by atoms with van der Waals surface area (Å²) in [4.78, 5) is 5.21. The fourth-order valence-electron chi connectivity index (χ4n) is 1.63. The van der Waals surface area contributed by atoms with Gasteiger partial charge < -0.3 is 10.6 Å². The predicted molar refractivity (Wildman–Crippen MR) is 59.9 cm³/mol. The Kier molecular flexibility index (Phi) is 3.07. The molecule has 1 aromatic heterocycles. The van der Waals surface area contributed by atoms with E-state index in [2.05, 4.69) is 22.5 Å². The van der Waals surface area contributed by atoms with Gasteiger partial charge in [0.1, 0.15) is 0 Å². The Bertz CT molecular complexity index is 307. The molecule has 1 fully saturated rings. The van der Waals surface area contributed by atoms with Crippen LogP contribution in [-0.4, -0.2) is 23.6 Å². The number of hydrogen-bond acceptors (Lipinski definition) is 4. The number of rotatable bonds is 3. The molecule has 0 radical (unpaired) electrons. The van der Waals surface area contributed by atoms with Gasteiger partial charge in [0, 0.05) is 29.7 Å². The van der Waals surface area contributed by atoms with Gasteiger partial charge in [-0.1, -0.05) is 11.6 Å². The van der Waals surface area contributed by atoms with Crippen LogP contribution in [0.3, 0.4) is 0 Å². The van der Waals surface area contributed by atoms with Crippen molar-refractivity contribution in [3.05, 3.63) is 15.5 Å². The van der Waals surface area contributed by atoms with E-state index in [9.17, 15) is 0 Å². The van der Waals surface area contributed by atoms with E-state index >= 15 is 0 Å². The van der Waals surface area contributed by atoms with Crippen molar-refractivity contribution in [3.63, 3.8) is 0 Å². The highest BCUT2D eigenvalue weighted by atomic mass is 35.5. The standard InChI is InChI=1S/C9H14ClN3S/c1-9(2-3-11-6-9)13-5-7-4-12-8(10)14-7/h4,11,13H,2-3,5-6H2,1H3. The van der Waals surface area contributed by atoms with Crippen LogP contribution in [-0.2, 0) is 6.54 Å². The third-order valence-electron chi connectivity index (χ3n) is 2.58. The third-order valence-corrected chi connectivity index (χ3v) is 3.70. The van der Waals surface area contributed by atoms with Gasteiger partial charge >= 0.3 is 0 Å². The lowest BCUT2D eigenvalue weighted by Gasteiger charge is -2.23. The quantitative estimate of drug-likeness (QED) is 0.831. The molecule has 1 aromatic rings. The molecule has 0 aromatic carbocycles. The van der Waals surface area contributed by atoms with Crippen molar-refractivity contribution in [2.45, 2.75) is 25.4 Å². The molecule has 1 aliphatic rings. The van der Waals surface area contributed by atoms with Gasteiger partial charge in [-0.2, -0.15) is 0 Å². The van der Waals surface area contributed by atoms with E-state index in [1.54, 1.807) is 11.3 Å². The molecule has 1 saturated heterocycles. The number of nitrogens with zero attached hydrogens (tertiary/aromatic N) is 1. The lowest BCUT2D eigenvalue weighted by atomic mass is 10.0. The number of aromatic nitrogens is 1. The Morgan fingerprint density at radius 3 is 3.21 bits per heavy atom. The molecule has 2 heterocycles. The van der Waals surface area contributed by atoms with Gasteiger partial charge in [-0.05, 0) is 19.9 Å². The summed E-state index contributed by atoms with van der Waals surface area (Å²) >= 11 is 7.30. The maximum atomic E-state index is 5.76. The highest BCUT2D eigenvalue weighted by Gasteiger charge is 2.27. The molecule has 5 heteroatoms. The maximum absolute atomic E-state index is 5.76. The van der Waals surface area contributed by atoms with Crippen molar-refractivity contribution < 1.29 is 0 Å². The molecule has 2 N–H and O–H groups in total. The van der Waals surface area contributed by atoms with Crippen LogP contribution in [0.1, 0.15) is 18.2 Å². The molecule has 14 heavy (non-hydrogen) atoms. The van der Waals surface area contributed by atoms with E-state index in [0.717, 1.165) is 19.6 Å². The first-order valence-corrected chi connectivity index (χ1v) is 5.93. The van der Waals surface area contributed by atoms with Crippen LogP contribution in [0.15, 0.2) is 6.20 Å². The van der Waals surface area contributed by atoms with Crippen LogP contribution in [0, 0.1) is 0 Å². The van der Waals surface area contributed by atoms with Crippen molar-refractivity contribution in [3.8, 4) is 0 Å². The first kappa shape index (κ1) is 10.4. The Morgan fingerprint density at radius 2 is 2.64 bits per heavy atom. The molecule has 3 nitrogen and oxygen atoms in total. The highest BCUT2D eigenvalue weighted by molar-refractivity contribution is 7.15. The Morgan fingerprint density at radius 1 is 1.79 bits per heavy atom. The zero-order valence-electron chi connectivity index (χ0n) is 8.14. The number of hydrogen-bond donors (Lipinski definition) is 2. The van der Waals surface area contributed by atoms with Gasteiger partial charge in [0.25, 0.3) is 0 Å². The normalized spacial score (nSPS) is 27.0. The smallest absolute Gasteiger partial charge is 0.183 e. The largest absolute Gasteiger partial charge is 0.315 e. The van der Waals surface area contributed by atoms with E-state index in [1.165, 1.54) is 11.3 Å². The van der Waals surface area contributed by atoms with Crippen LogP contribution in [0.5, 0.6) is 0 Å². The van der Waals surface area contributed by atoms with Crippen LogP contribution in [0.2, 0.25) is 4.47 Å². The summed E-state index contributed by atoms with van der Waals surface area (Å²) < 4.78 is 0.622. The first-order chi connectivity index (χ1) is 6.68. The Hall–Kier alpha value is -0.160. The SMILES string of the molecule is CC1(NCc2cnc(Cl)s2)CCNC1. The van der Waals surface area contributed by atoms with Crippen LogP contribution in [0.25, 0.3) is 0 Å². The predicted octanol–water partition coefficient (Wildman–Crippen LogP) is 1.64. The number of nitrogens with one attached hydrogen (secondary N) is 2. The summed E-state index contributed by atoms with van der Waals surface area (Å²) in [6.45, 7) is 5.25. The van der Waals surface area contributed by atoms with E-state index in [-0.39, 0.29) is 5.54 Å². The summed E-state index contributed by atoms with van der Waals surface area (Å²) in [6, 6.07) is 0. The summed E-state index contributed by atoms with van der Waals surface area (Å²) in [5.41, 5.74) is 0.233. The summed E-state index contributed by atoms with van der Waals surface area (Å²) in [5, 5.41) is 6.89. The van der Waals surface area contributed by atoms with Gasteiger partial charge in [-0.25, -0.2) is 4.98 Å². The number of halogens is 1. The minimum absolute atomic E-state index is 0.233. The van der Waals surface area contributed by atoms with Gasteiger partial charge in [0.2, 0.25) is 0 Å². The second-order valence-electron chi connectivity index (χ2n) is 3.92. The minimum Gasteiger partial charge on any atom is -0.315 e. The second kappa shape index (κ2) is 4.14. The molecular formula is C9H14ClN3S. The van der Waals surface area contributed by atoms with Crippen molar-refractivity contribution >= 4 is 22.9 Å². The van der Waals surface area contributed by atoms with Gasteiger partial charge in [0.15, 0.2) is 4.47 Å². The minimum atomic E-state index is 0.233. The van der Waals surface area contributed by atoms with Crippen molar-refractivity contribution in [1.82, 2.24) is 15.6 Å². The molecule has 0 amide bonds. The fourth-order valence-corrected chi connectivity index (χ4v) is 2.55. The van der Waals surface area contributed by atoms with E-state index in [1.807, 2.05) is 6.20 Å². The van der Waals surface area contributed by atoms with Crippen LogP contribution in [0.4, 0.5) is 0 Å². The maximum Gasteiger partial charge on any atom is 0.183 e. The van der Waals surface area contributed by atoms with E-state index in [0.29, 0.717) is 4.47 Å². The summed E-state index contributed by atoms with van der Waals surface area (Å²) in [5.74, 6) is 0. The molecule has 0 bridgehead atoms. The lowest BCUT2D eigenvalue weighted by Crippen LogP contribution is -2.43. The fraction of sp³-hybridized carbons (Fsp3) is 0.667. The lowest BCUT2D eigenvalue weighted by molar-refractivity contribution is 0.387. The molecule has 1 atom stereocenters. The van der Waals surface area contributed by atoms with Crippen LogP contribution < -0.4 is 10.6 Å². The molecule has 0 spiro atoms. The molecule has 0 saturated carbocycles. The summed E-state index contributed by atoms with van der Waals surface area (Å²) in [6.07, 6.45) is 3.02. The van der Waals surface area contributed by atoms with Gasteiger partial charge in [-0.15, -0.1) is 11.3 Å². The second-order valence-corrected chi connectivity index (χ2v) is 5.62. The Labute approximate surface area is 92.9 Å². The molecule has 0 aliphatic carbocycles. The zero-order valence-corrected chi connectivity index (χ0v) is 9.71. The molecule has 2 rings (SSSR count). The zero-order chi connectivity index (χ0) is 10.0. The van der Waals surface area contributed by atoms with Gasteiger partial charge in [0.05, 0.1) is 0 Å². The topological polar surface area (TPSA) is 37.0 Å². The molecule has 1 aliphatic heterocycles. The third kappa shape index (κ3) is 2.45. The van der Waals surface area contributed by atoms with Gasteiger partial charge in [-0.3, -0.25) is 0 Å². The summed E-state index contributed by atoms with van der Waals surface area (Å²) in [7, 11) is 0. The molecule has 78 valence electrons. The monoisotopic (exact) mass is 231 g/mol. The van der Waals surface area contributed by atoms with Crippen molar-refractivity contribution in [2.24, 2.45) is 0 Å².